The SMILES string of the molecule is O=C1[C@@H](NC[C@@H]2CNc3ccnn3C2)CCN1Cc1ccccc1. The van der Waals surface area contributed by atoms with Crippen molar-refractivity contribution >= 4 is 11.7 Å². The molecule has 6 nitrogen and oxygen atoms in total. The van der Waals surface area contributed by atoms with Gasteiger partial charge in [-0.2, -0.15) is 5.10 Å². The lowest BCUT2D eigenvalue weighted by molar-refractivity contribution is -0.129. The molecule has 24 heavy (non-hydrogen) atoms. The number of aromatic nitrogens is 2. The van der Waals surface area contributed by atoms with E-state index in [9.17, 15) is 4.79 Å². The van der Waals surface area contributed by atoms with Gasteiger partial charge in [-0.1, -0.05) is 30.3 Å². The van der Waals surface area contributed by atoms with Crippen molar-refractivity contribution in [3.8, 4) is 0 Å². The molecule has 6 heteroatoms. The van der Waals surface area contributed by atoms with Gasteiger partial charge < -0.3 is 15.5 Å². The van der Waals surface area contributed by atoms with Crippen molar-refractivity contribution in [1.29, 1.82) is 0 Å². The second-order valence-electron chi connectivity index (χ2n) is 6.64. The molecule has 0 radical (unpaired) electrons. The van der Waals surface area contributed by atoms with Gasteiger partial charge in [-0.3, -0.25) is 4.79 Å². The zero-order chi connectivity index (χ0) is 16.4. The molecule has 0 saturated carbocycles. The molecule has 4 rings (SSSR count). The standard InChI is InChI=1S/C18H23N5O/c24-18-16(7-9-22(18)12-14-4-2-1-3-5-14)19-10-15-11-20-17-6-8-21-23(17)13-15/h1-6,8,15-16,19-20H,7,9-13H2/t15-,16+/m1/s1. The number of nitrogens with zero attached hydrogens (tertiary/aromatic N) is 3. The third kappa shape index (κ3) is 3.14. The van der Waals surface area contributed by atoms with Crippen LogP contribution in [0.25, 0.3) is 0 Å². The average Bonchev–Trinajstić information content (AvgIpc) is 3.21. The molecule has 1 amide bonds. The van der Waals surface area contributed by atoms with Crippen molar-refractivity contribution in [1.82, 2.24) is 20.0 Å². The molecule has 1 aromatic heterocycles. The number of carbonyl (C=O) groups is 1. The Morgan fingerprint density at radius 3 is 3.00 bits per heavy atom. The Hall–Kier alpha value is -2.34. The van der Waals surface area contributed by atoms with Crippen molar-refractivity contribution in [3.05, 3.63) is 48.2 Å². The van der Waals surface area contributed by atoms with E-state index < -0.39 is 0 Å². The zero-order valence-corrected chi connectivity index (χ0v) is 13.7. The minimum absolute atomic E-state index is 0.0484. The molecule has 0 unspecified atom stereocenters. The minimum Gasteiger partial charge on any atom is -0.370 e. The van der Waals surface area contributed by atoms with Crippen LogP contribution >= 0.6 is 0 Å². The number of rotatable bonds is 5. The number of amides is 1. The summed E-state index contributed by atoms with van der Waals surface area (Å²) < 4.78 is 1.99. The number of carbonyl (C=O) groups excluding carboxylic acids is 1. The van der Waals surface area contributed by atoms with Crippen LogP contribution < -0.4 is 10.6 Å². The molecule has 2 aliphatic rings. The maximum absolute atomic E-state index is 12.6. The van der Waals surface area contributed by atoms with Crippen molar-refractivity contribution in [2.24, 2.45) is 5.92 Å². The molecular formula is C18H23N5O. The first-order chi connectivity index (χ1) is 11.8. The summed E-state index contributed by atoms with van der Waals surface area (Å²) in [6.45, 7) is 4.20. The molecule has 0 aliphatic carbocycles. The van der Waals surface area contributed by atoms with Crippen molar-refractivity contribution in [2.45, 2.75) is 25.6 Å². The molecule has 1 saturated heterocycles. The summed E-state index contributed by atoms with van der Waals surface area (Å²) in [4.78, 5) is 14.5. The first-order valence-electron chi connectivity index (χ1n) is 8.61. The van der Waals surface area contributed by atoms with Crippen LogP contribution in [0, 0.1) is 5.92 Å². The lowest BCUT2D eigenvalue weighted by Gasteiger charge is -2.26. The van der Waals surface area contributed by atoms with E-state index in [0.29, 0.717) is 12.5 Å². The smallest absolute Gasteiger partial charge is 0.240 e. The third-order valence-corrected chi connectivity index (χ3v) is 4.89. The van der Waals surface area contributed by atoms with E-state index in [4.69, 9.17) is 0 Å². The first kappa shape index (κ1) is 15.2. The number of anilines is 1. The molecule has 3 heterocycles. The van der Waals surface area contributed by atoms with Gasteiger partial charge in [-0.05, 0) is 12.0 Å². The molecule has 2 aliphatic heterocycles. The fourth-order valence-electron chi connectivity index (χ4n) is 3.52. The number of hydrogen-bond acceptors (Lipinski definition) is 4. The average molecular weight is 325 g/mol. The van der Waals surface area contributed by atoms with Crippen molar-refractivity contribution in [3.63, 3.8) is 0 Å². The van der Waals surface area contributed by atoms with Crippen LogP contribution in [0.1, 0.15) is 12.0 Å². The maximum atomic E-state index is 12.6. The van der Waals surface area contributed by atoms with Crippen LogP contribution in [0.2, 0.25) is 0 Å². The number of hydrogen-bond donors (Lipinski definition) is 2. The second-order valence-corrected chi connectivity index (χ2v) is 6.64. The summed E-state index contributed by atoms with van der Waals surface area (Å²) in [5, 5.41) is 11.2. The minimum atomic E-state index is -0.0484. The van der Waals surface area contributed by atoms with E-state index in [1.807, 2.05) is 40.0 Å². The Morgan fingerprint density at radius 2 is 2.12 bits per heavy atom. The summed E-state index contributed by atoms with van der Waals surface area (Å²) in [6, 6.07) is 12.1. The van der Waals surface area contributed by atoms with Crippen LogP contribution in [0.3, 0.4) is 0 Å². The second kappa shape index (κ2) is 6.65. The van der Waals surface area contributed by atoms with Crippen LogP contribution in [0.5, 0.6) is 0 Å². The number of likely N-dealkylation sites (tertiary alicyclic amines) is 1. The molecule has 0 spiro atoms. The van der Waals surface area contributed by atoms with Crippen LogP contribution in [-0.2, 0) is 17.9 Å². The molecule has 126 valence electrons. The number of benzene rings is 1. The highest BCUT2D eigenvalue weighted by Crippen LogP contribution is 2.18. The van der Waals surface area contributed by atoms with Crippen molar-refractivity contribution in [2.75, 3.05) is 25.0 Å². The Bertz CT molecular complexity index is 698. The van der Waals surface area contributed by atoms with Gasteiger partial charge in [0.15, 0.2) is 0 Å². The highest BCUT2D eigenvalue weighted by Gasteiger charge is 2.31. The summed E-state index contributed by atoms with van der Waals surface area (Å²) in [7, 11) is 0. The van der Waals surface area contributed by atoms with E-state index in [-0.39, 0.29) is 11.9 Å². The highest BCUT2D eigenvalue weighted by molar-refractivity contribution is 5.83. The monoisotopic (exact) mass is 325 g/mol. The summed E-state index contributed by atoms with van der Waals surface area (Å²) in [5.41, 5.74) is 1.19. The fraction of sp³-hybridized carbons (Fsp3) is 0.444. The lowest BCUT2D eigenvalue weighted by atomic mass is 10.1. The van der Waals surface area contributed by atoms with Gasteiger partial charge in [-0.15, -0.1) is 0 Å². The summed E-state index contributed by atoms with van der Waals surface area (Å²) in [5.74, 6) is 1.76. The van der Waals surface area contributed by atoms with E-state index in [1.54, 1.807) is 0 Å². The third-order valence-electron chi connectivity index (χ3n) is 4.89. The first-order valence-corrected chi connectivity index (χ1v) is 8.61. The van der Waals surface area contributed by atoms with Crippen molar-refractivity contribution < 1.29 is 4.79 Å². The number of nitrogens with one attached hydrogen (secondary N) is 2. The predicted molar refractivity (Wildman–Crippen MR) is 92.5 cm³/mol. The Labute approximate surface area is 141 Å². The van der Waals surface area contributed by atoms with E-state index in [1.165, 1.54) is 5.56 Å². The summed E-state index contributed by atoms with van der Waals surface area (Å²) >= 11 is 0. The topological polar surface area (TPSA) is 62.2 Å². The largest absolute Gasteiger partial charge is 0.370 e. The molecular weight excluding hydrogens is 302 g/mol. The maximum Gasteiger partial charge on any atom is 0.240 e. The molecule has 1 fully saturated rings. The molecule has 2 aromatic rings. The van der Waals surface area contributed by atoms with Gasteiger partial charge in [0, 0.05) is 44.7 Å². The molecule has 2 N–H and O–H groups in total. The Balaban J connectivity index is 1.28. The zero-order valence-electron chi connectivity index (χ0n) is 13.7. The normalized spacial score (nSPS) is 23.2. The van der Waals surface area contributed by atoms with Gasteiger partial charge >= 0.3 is 0 Å². The fourth-order valence-corrected chi connectivity index (χ4v) is 3.52. The van der Waals surface area contributed by atoms with Gasteiger partial charge in [0.1, 0.15) is 5.82 Å². The highest BCUT2D eigenvalue weighted by atomic mass is 16.2. The lowest BCUT2D eigenvalue weighted by Crippen LogP contribution is -2.43. The van der Waals surface area contributed by atoms with E-state index in [0.717, 1.165) is 38.4 Å². The van der Waals surface area contributed by atoms with E-state index in [2.05, 4.69) is 27.9 Å². The van der Waals surface area contributed by atoms with Gasteiger partial charge in [0.2, 0.25) is 5.91 Å². The molecule has 0 bridgehead atoms. The van der Waals surface area contributed by atoms with E-state index >= 15 is 0 Å². The van der Waals surface area contributed by atoms with Crippen LogP contribution in [0.15, 0.2) is 42.6 Å². The van der Waals surface area contributed by atoms with Gasteiger partial charge in [-0.25, -0.2) is 4.68 Å². The molecule has 2 atom stereocenters. The Kier molecular flexibility index (Phi) is 4.21. The Morgan fingerprint density at radius 1 is 1.25 bits per heavy atom. The predicted octanol–water partition coefficient (Wildman–Crippen LogP) is 1.32. The van der Waals surface area contributed by atoms with Crippen LogP contribution in [0.4, 0.5) is 5.82 Å². The van der Waals surface area contributed by atoms with Crippen LogP contribution in [-0.4, -0.2) is 46.3 Å². The summed E-state index contributed by atoms with van der Waals surface area (Å²) in [6.07, 6.45) is 2.71. The molecule has 1 aromatic carbocycles. The quantitative estimate of drug-likeness (QED) is 0.870. The van der Waals surface area contributed by atoms with Gasteiger partial charge in [0.25, 0.3) is 0 Å². The number of fused-ring (bicyclic) bond motifs is 1. The van der Waals surface area contributed by atoms with Gasteiger partial charge in [0.05, 0.1) is 12.2 Å².